The SMILES string of the molecule is [B]C1C(N2Cc3cc(C([B])([B])NC(=O)C(F)(F)c4ccc(Cl)cc4)ccc3C2=O)C(=O)NC(=O)C1([B])[B]. The Hall–Kier alpha value is -3.01. The van der Waals surface area contributed by atoms with E-state index in [0.717, 1.165) is 17.0 Å². The van der Waals surface area contributed by atoms with Gasteiger partial charge >= 0.3 is 5.92 Å². The molecule has 1 saturated heterocycles. The van der Waals surface area contributed by atoms with Gasteiger partial charge in [0, 0.05) is 22.7 Å². The van der Waals surface area contributed by atoms with Gasteiger partial charge in [0.25, 0.3) is 11.8 Å². The van der Waals surface area contributed by atoms with E-state index in [9.17, 15) is 28.0 Å². The van der Waals surface area contributed by atoms with Gasteiger partial charge in [-0.25, -0.2) is 0 Å². The van der Waals surface area contributed by atoms with Crippen molar-refractivity contribution in [3.05, 3.63) is 69.7 Å². The van der Waals surface area contributed by atoms with Gasteiger partial charge in [-0.2, -0.15) is 8.78 Å². The van der Waals surface area contributed by atoms with Crippen LogP contribution >= 0.6 is 11.6 Å². The number of imide groups is 1. The van der Waals surface area contributed by atoms with E-state index >= 15 is 0 Å². The van der Waals surface area contributed by atoms with Gasteiger partial charge < -0.3 is 10.2 Å². The highest BCUT2D eigenvalue weighted by atomic mass is 35.5. The van der Waals surface area contributed by atoms with E-state index in [2.05, 4.69) is 0 Å². The number of carbonyl (C=O) groups is 4. The molecule has 0 spiro atoms. The molecule has 0 aromatic heterocycles. The lowest BCUT2D eigenvalue weighted by Gasteiger charge is -2.44. The zero-order valence-electron chi connectivity index (χ0n) is 19.0. The van der Waals surface area contributed by atoms with Gasteiger partial charge in [0.1, 0.15) is 6.04 Å². The molecule has 2 unspecified atom stereocenters. The normalized spacial score (nSPS) is 21.4. The van der Waals surface area contributed by atoms with E-state index in [1.165, 1.54) is 30.3 Å². The van der Waals surface area contributed by atoms with E-state index in [1.54, 1.807) is 0 Å². The number of nitrogens with zero attached hydrogens (tertiary/aromatic N) is 1. The maximum absolute atomic E-state index is 14.7. The molecule has 2 aromatic carbocycles. The van der Waals surface area contributed by atoms with E-state index in [-0.39, 0.29) is 22.7 Å². The first-order valence-electron chi connectivity index (χ1n) is 10.7. The number of carbonyl (C=O) groups excluding carboxylic acids is 4. The number of rotatable bonds is 5. The summed E-state index contributed by atoms with van der Waals surface area (Å²) in [4.78, 5) is 50.9. The second-order valence-corrected chi connectivity index (χ2v) is 9.37. The molecule has 0 aliphatic carbocycles. The Morgan fingerprint density at radius 3 is 2.30 bits per heavy atom. The Bertz CT molecular complexity index is 1330. The summed E-state index contributed by atoms with van der Waals surface area (Å²) in [5.41, 5.74) is -0.204. The number of fused-ring (bicyclic) bond motifs is 1. The van der Waals surface area contributed by atoms with Crippen LogP contribution in [-0.2, 0) is 32.2 Å². The minimum Gasteiger partial charge on any atom is -0.358 e. The lowest BCUT2D eigenvalue weighted by atomic mass is 9.40. The third-order valence-corrected chi connectivity index (χ3v) is 6.61. The Labute approximate surface area is 222 Å². The number of piperidine rings is 1. The van der Waals surface area contributed by atoms with E-state index in [1.807, 2.05) is 10.6 Å². The molecule has 176 valence electrons. The number of alkyl halides is 2. The highest BCUT2D eigenvalue weighted by Gasteiger charge is 2.50. The van der Waals surface area contributed by atoms with Gasteiger partial charge in [-0.15, -0.1) is 0 Å². The summed E-state index contributed by atoms with van der Waals surface area (Å²) in [6.45, 7) is -0.191. The number of halogens is 3. The van der Waals surface area contributed by atoms with E-state index in [0.29, 0.717) is 5.56 Å². The van der Waals surface area contributed by atoms with Gasteiger partial charge in [-0.05, 0) is 45.7 Å². The summed E-state index contributed by atoms with van der Waals surface area (Å²) in [7, 11) is 29.4. The second kappa shape index (κ2) is 9.08. The van der Waals surface area contributed by atoms with Gasteiger partial charge in [0.05, 0.1) is 39.2 Å². The van der Waals surface area contributed by atoms with Gasteiger partial charge in [0.2, 0.25) is 11.8 Å². The highest BCUT2D eigenvalue weighted by molar-refractivity contribution is 6.56. The predicted octanol–water partition coefficient (Wildman–Crippen LogP) is 0.0865. The summed E-state index contributed by atoms with van der Waals surface area (Å²) in [6.07, 6.45) is 0. The fourth-order valence-corrected chi connectivity index (χ4v) is 4.29. The molecule has 2 aliphatic rings. The molecule has 2 aromatic rings. The summed E-state index contributed by atoms with van der Waals surface area (Å²) >= 11 is 5.71. The molecule has 7 nitrogen and oxygen atoms in total. The molecule has 0 saturated carbocycles. The number of amides is 4. The third kappa shape index (κ3) is 4.60. The van der Waals surface area contributed by atoms with Crippen molar-refractivity contribution in [3.8, 4) is 0 Å². The second-order valence-electron chi connectivity index (χ2n) is 8.93. The average molecular weight is 511 g/mol. The maximum atomic E-state index is 14.7. The molecular formula is C22H13B5ClF2N3O4. The molecule has 37 heavy (non-hydrogen) atoms. The minimum atomic E-state index is -3.99. The molecule has 15 heteroatoms. The van der Waals surface area contributed by atoms with E-state index in [4.69, 9.17) is 50.8 Å². The first-order chi connectivity index (χ1) is 17.1. The smallest absolute Gasteiger partial charge is 0.349 e. The van der Waals surface area contributed by atoms with Crippen molar-refractivity contribution in [2.24, 2.45) is 0 Å². The summed E-state index contributed by atoms with van der Waals surface area (Å²) < 4.78 is 29.4. The number of nitrogens with one attached hydrogen (secondary N) is 2. The van der Waals surface area contributed by atoms with Gasteiger partial charge in [-0.1, -0.05) is 35.9 Å². The van der Waals surface area contributed by atoms with Crippen molar-refractivity contribution in [1.29, 1.82) is 0 Å². The molecule has 2 N–H and O–H groups in total. The van der Waals surface area contributed by atoms with Crippen molar-refractivity contribution >= 4 is 74.5 Å². The van der Waals surface area contributed by atoms with Gasteiger partial charge in [0.15, 0.2) is 0 Å². The zero-order valence-corrected chi connectivity index (χ0v) is 19.8. The molecule has 1 fully saturated rings. The van der Waals surface area contributed by atoms with Crippen LogP contribution in [0.5, 0.6) is 0 Å². The van der Waals surface area contributed by atoms with Crippen molar-refractivity contribution in [2.45, 2.75) is 34.9 Å². The topological polar surface area (TPSA) is 95.6 Å². The highest BCUT2D eigenvalue weighted by Crippen LogP contribution is 2.42. The predicted molar refractivity (Wildman–Crippen MR) is 134 cm³/mol. The Kier molecular flexibility index (Phi) is 6.63. The summed E-state index contributed by atoms with van der Waals surface area (Å²) in [5, 5.41) is -0.282. The van der Waals surface area contributed by atoms with Crippen LogP contribution in [0.1, 0.15) is 27.0 Å². The molecule has 0 bridgehead atoms. The van der Waals surface area contributed by atoms with Crippen molar-refractivity contribution in [1.82, 2.24) is 15.5 Å². The van der Waals surface area contributed by atoms with Crippen molar-refractivity contribution in [3.63, 3.8) is 0 Å². The maximum Gasteiger partial charge on any atom is 0.349 e. The van der Waals surface area contributed by atoms with Crippen molar-refractivity contribution < 1.29 is 28.0 Å². The van der Waals surface area contributed by atoms with Crippen LogP contribution in [0.25, 0.3) is 0 Å². The Balaban J connectivity index is 1.57. The molecular weight excluding hydrogens is 498 g/mol. The monoisotopic (exact) mass is 511 g/mol. The first kappa shape index (κ1) is 27.0. The standard InChI is InChI=1S/C22H13B5ClF2N3O4/c23-15-14(16(34)31-18(36)20(15,24)25)33-8-9-7-11(3-6-13(9)17(33)35)22(26,27)32-19(37)21(29,30)10-1-4-12(28)5-2-10/h1-7,14-15H,8H2,(H,32,37)(H,31,34,36). The number of hydrogen-bond donors (Lipinski definition) is 2. The fourth-order valence-electron chi connectivity index (χ4n) is 4.16. The average Bonchev–Trinajstić information content (AvgIpc) is 3.13. The van der Waals surface area contributed by atoms with Crippen molar-refractivity contribution in [2.75, 3.05) is 0 Å². The summed E-state index contributed by atoms with van der Waals surface area (Å²) in [6, 6.07) is 6.90. The van der Waals surface area contributed by atoms with Crippen LogP contribution in [0.4, 0.5) is 8.78 Å². The van der Waals surface area contributed by atoms with E-state index < -0.39 is 57.5 Å². The largest absolute Gasteiger partial charge is 0.358 e. The number of hydrogen-bond acceptors (Lipinski definition) is 4. The third-order valence-electron chi connectivity index (χ3n) is 6.35. The van der Waals surface area contributed by atoms with Crippen LogP contribution in [0.3, 0.4) is 0 Å². The molecule has 4 rings (SSSR count). The zero-order chi connectivity index (χ0) is 27.5. The first-order valence-corrected chi connectivity index (χ1v) is 11.1. The lowest BCUT2D eigenvalue weighted by molar-refractivity contribution is -0.147. The minimum absolute atomic E-state index is 0.0132. The molecule has 4 amide bonds. The number of benzene rings is 2. The van der Waals surface area contributed by atoms with Crippen LogP contribution in [0, 0.1) is 0 Å². The molecule has 2 heterocycles. The van der Waals surface area contributed by atoms with Crippen LogP contribution in [-0.4, -0.2) is 73.8 Å². The van der Waals surface area contributed by atoms with Crippen LogP contribution in [0.2, 0.25) is 16.1 Å². The van der Waals surface area contributed by atoms with Crippen LogP contribution in [0.15, 0.2) is 42.5 Å². The Morgan fingerprint density at radius 2 is 1.68 bits per heavy atom. The fraction of sp³-hybridized carbons (Fsp3) is 0.273. The molecule has 2 aliphatic heterocycles. The summed E-state index contributed by atoms with van der Waals surface area (Å²) in [5.74, 6) is -9.67. The van der Waals surface area contributed by atoms with Crippen LogP contribution < -0.4 is 10.6 Å². The van der Waals surface area contributed by atoms with Gasteiger partial charge in [-0.3, -0.25) is 24.5 Å². The molecule has 10 radical (unpaired) electrons. The quantitative estimate of drug-likeness (QED) is 0.440. The molecule has 2 atom stereocenters. The Morgan fingerprint density at radius 1 is 1.08 bits per heavy atom. The lowest BCUT2D eigenvalue weighted by Crippen LogP contribution is -2.61.